The first-order valence-electron chi connectivity index (χ1n) is 19.8. The van der Waals surface area contributed by atoms with Crippen molar-refractivity contribution in [3.05, 3.63) is 12.7 Å². The molecule has 0 aromatic carbocycles. The zero-order chi connectivity index (χ0) is 39.3. The summed E-state index contributed by atoms with van der Waals surface area (Å²) in [4.78, 5) is 96.7. The van der Waals surface area contributed by atoms with Gasteiger partial charge in [-0.2, -0.15) is 0 Å². The number of carbonyl (C=O) groups excluding carboxylic acids is 7. The summed E-state index contributed by atoms with van der Waals surface area (Å²) in [5, 5.41) is 11.3. The average Bonchev–Trinajstić information content (AvgIpc) is 3.81. The molecule has 5 aliphatic rings. The van der Waals surface area contributed by atoms with Crippen molar-refractivity contribution in [1.82, 2.24) is 26.2 Å². The minimum Gasteiger partial charge on any atom is -0.346 e. The molecule has 0 radical (unpaired) electrons. The predicted octanol–water partition coefficient (Wildman–Crippen LogP) is 4.25. The fourth-order valence-corrected chi connectivity index (χ4v) is 9.38. The van der Waals surface area contributed by atoms with Crippen molar-refractivity contribution in [2.75, 3.05) is 13.1 Å². The third-order valence-electron chi connectivity index (χ3n) is 13.0. The van der Waals surface area contributed by atoms with Crippen molar-refractivity contribution in [2.45, 2.75) is 144 Å². The number of nitrogens with zero attached hydrogens (tertiary/aromatic N) is 1. The number of carbonyl (C=O) groups is 7. The van der Waals surface area contributed by atoms with E-state index < -0.39 is 70.5 Å². The largest absolute Gasteiger partial charge is 0.346 e. The van der Waals surface area contributed by atoms with Crippen LogP contribution in [0.5, 0.6) is 0 Å². The van der Waals surface area contributed by atoms with Gasteiger partial charge in [0.2, 0.25) is 17.6 Å². The molecule has 1 spiro atoms. The van der Waals surface area contributed by atoms with Gasteiger partial charge < -0.3 is 26.2 Å². The van der Waals surface area contributed by atoms with E-state index in [1.807, 2.05) is 41.5 Å². The number of amides is 5. The maximum atomic E-state index is 14.5. The Morgan fingerprint density at radius 2 is 1.49 bits per heavy atom. The molecule has 1 unspecified atom stereocenters. The van der Waals surface area contributed by atoms with Crippen LogP contribution in [-0.4, -0.2) is 83.3 Å². The summed E-state index contributed by atoms with van der Waals surface area (Å²) in [6, 6.07) is -4.03. The lowest BCUT2D eigenvalue weighted by atomic mass is 9.66. The van der Waals surface area contributed by atoms with Crippen molar-refractivity contribution in [3.63, 3.8) is 0 Å². The first-order valence-corrected chi connectivity index (χ1v) is 19.8. The number of likely N-dealkylation sites (tertiary alicyclic amines) is 1. The van der Waals surface area contributed by atoms with Crippen LogP contribution < -0.4 is 21.3 Å². The van der Waals surface area contributed by atoms with Crippen LogP contribution in [-0.2, 0) is 28.8 Å². The van der Waals surface area contributed by atoms with E-state index in [1.54, 1.807) is 4.90 Å². The van der Waals surface area contributed by atoms with Crippen LogP contribution in [0.15, 0.2) is 12.7 Å². The molecule has 4 saturated carbocycles. The van der Waals surface area contributed by atoms with E-state index in [9.17, 15) is 33.6 Å². The fourth-order valence-electron chi connectivity index (χ4n) is 9.38. The molecule has 5 amide bonds. The molecule has 5 fully saturated rings. The highest BCUT2D eigenvalue weighted by molar-refractivity contribution is 6.38. The highest BCUT2D eigenvalue weighted by atomic mass is 16.2. The van der Waals surface area contributed by atoms with Crippen molar-refractivity contribution < 1.29 is 33.6 Å². The molecular formula is C41H63N5O7. The van der Waals surface area contributed by atoms with Gasteiger partial charge in [0.15, 0.2) is 0 Å². The van der Waals surface area contributed by atoms with E-state index in [0.717, 1.165) is 38.5 Å². The molecule has 5 rings (SSSR count). The lowest BCUT2D eigenvalue weighted by Gasteiger charge is -2.40. The number of hydrogen-bond donors (Lipinski definition) is 4. The Morgan fingerprint density at radius 1 is 0.887 bits per heavy atom. The number of Topliss-reactive ketones (excluding diaryl/α,β-unsaturated/α-hetero) is 3. The van der Waals surface area contributed by atoms with Crippen LogP contribution in [0.25, 0.3) is 0 Å². The summed E-state index contributed by atoms with van der Waals surface area (Å²) in [5.74, 6) is -3.08. The van der Waals surface area contributed by atoms with E-state index in [1.165, 1.54) is 6.08 Å². The maximum Gasteiger partial charge on any atom is 0.315 e. The minimum atomic E-state index is -1.02. The van der Waals surface area contributed by atoms with E-state index in [4.69, 9.17) is 0 Å². The number of rotatable bonds is 13. The lowest BCUT2D eigenvalue weighted by molar-refractivity contribution is -0.145. The summed E-state index contributed by atoms with van der Waals surface area (Å²) >= 11 is 0. The van der Waals surface area contributed by atoms with Crippen LogP contribution in [0.3, 0.4) is 0 Å². The summed E-state index contributed by atoms with van der Waals surface area (Å²) in [6.45, 7) is 19.5. The topological polar surface area (TPSA) is 171 Å². The van der Waals surface area contributed by atoms with Crippen LogP contribution >= 0.6 is 0 Å². The van der Waals surface area contributed by atoms with Crippen LogP contribution in [0.2, 0.25) is 0 Å². The molecule has 4 aliphatic carbocycles. The number of ketones is 3. The Hall–Kier alpha value is -3.57. The zero-order valence-electron chi connectivity index (χ0n) is 33.2. The summed E-state index contributed by atoms with van der Waals surface area (Å²) in [7, 11) is 0. The number of fused-ring (bicyclic) bond motifs is 1. The molecule has 1 aliphatic heterocycles. The first kappa shape index (κ1) is 40.6. The molecule has 1 saturated heterocycles. The van der Waals surface area contributed by atoms with E-state index in [2.05, 4.69) is 41.7 Å². The lowest BCUT2D eigenvalue weighted by Crippen LogP contribution is -2.62. The van der Waals surface area contributed by atoms with Crippen molar-refractivity contribution in [3.8, 4) is 0 Å². The average molecular weight is 738 g/mol. The van der Waals surface area contributed by atoms with Gasteiger partial charge in [-0.1, -0.05) is 87.1 Å². The van der Waals surface area contributed by atoms with Crippen molar-refractivity contribution in [1.29, 1.82) is 0 Å². The molecule has 6 atom stereocenters. The zero-order valence-corrected chi connectivity index (χ0v) is 33.2. The van der Waals surface area contributed by atoms with Crippen LogP contribution in [0.1, 0.15) is 120 Å². The van der Waals surface area contributed by atoms with E-state index in [-0.39, 0.29) is 53.1 Å². The van der Waals surface area contributed by atoms with E-state index in [0.29, 0.717) is 25.8 Å². The monoisotopic (exact) mass is 737 g/mol. The van der Waals surface area contributed by atoms with Gasteiger partial charge in [0.05, 0.1) is 12.0 Å². The molecule has 0 aromatic heterocycles. The third kappa shape index (κ3) is 8.88. The Bertz CT molecular complexity index is 1490. The molecule has 12 nitrogen and oxygen atoms in total. The third-order valence-corrected chi connectivity index (χ3v) is 13.0. The molecule has 0 aromatic rings. The molecule has 4 N–H and O–H groups in total. The van der Waals surface area contributed by atoms with Gasteiger partial charge in [-0.25, -0.2) is 4.79 Å². The second-order valence-electron chi connectivity index (χ2n) is 19.6. The highest BCUT2D eigenvalue weighted by Crippen LogP contribution is 2.65. The number of piperidine rings is 1. The summed E-state index contributed by atoms with van der Waals surface area (Å²) < 4.78 is 0. The van der Waals surface area contributed by atoms with Gasteiger partial charge in [-0.3, -0.25) is 28.8 Å². The van der Waals surface area contributed by atoms with Gasteiger partial charge in [0.1, 0.15) is 23.7 Å². The molecule has 1 heterocycles. The Labute approximate surface area is 315 Å². The number of nitrogens with one attached hydrogen (secondary N) is 4. The minimum absolute atomic E-state index is 0.0411. The molecule has 0 bridgehead atoms. The van der Waals surface area contributed by atoms with Crippen LogP contribution in [0.4, 0.5) is 4.79 Å². The standard InChI is InChI=1S/C41H63N5O7/c1-10-17-42-35(51)32(49)26(18-23-13-14-23)43-34(50)31-30-25(40(30,8)9)22-46(31)36(52)33(39(5,6)7)45-37(53)44-29(38(2,3)4)19-24-27(47)20-41(21-28(24)48)15-11-12-16-41/h10,23-26,29-31,33H,1,11-22H2,2-9H3,(H,42,51)(H,43,50)(H2,44,45,53)/t25-,26?,29+,30-,31-,33+/m0/s1. The van der Waals surface area contributed by atoms with Gasteiger partial charge in [-0.15, -0.1) is 6.58 Å². The van der Waals surface area contributed by atoms with Gasteiger partial charge in [0, 0.05) is 32.0 Å². The van der Waals surface area contributed by atoms with E-state index >= 15 is 0 Å². The highest BCUT2D eigenvalue weighted by Gasteiger charge is 2.70. The van der Waals surface area contributed by atoms with Crippen LogP contribution in [0, 0.1) is 45.3 Å². The number of hydrogen-bond acceptors (Lipinski definition) is 7. The Kier molecular flexibility index (Phi) is 11.4. The summed E-state index contributed by atoms with van der Waals surface area (Å²) in [5.41, 5.74) is -1.65. The molecule has 53 heavy (non-hydrogen) atoms. The molecule has 12 heteroatoms. The Balaban J connectivity index is 1.30. The molecule has 294 valence electrons. The first-order chi connectivity index (χ1) is 24.6. The van der Waals surface area contributed by atoms with Gasteiger partial charge in [0.25, 0.3) is 5.91 Å². The van der Waals surface area contributed by atoms with Gasteiger partial charge >= 0.3 is 6.03 Å². The smallest absolute Gasteiger partial charge is 0.315 e. The Morgan fingerprint density at radius 3 is 2.02 bits per heavy atom. The normalized spacial score (nSPS) is 26.6. The SMILES string of the molecule is C=CCNC(=O)C(=O)C(CC1CC1)NC(=O)[C@@H]1[C@@H]2[C@H](CN1C(=O)[C@@H](NC(=O)N[C@H](CC1C(=O)CC3(CCCC3)CC1=O)C(C)(C)C)C(C)(C)C)C2(C)C. The second-order valence-corrected chi connectivity index (χ2v) is 19.6. The second kappa shape index (κ2) is 14.9. The maximum absolute atomic E-state index is 14.5. The predicted molar refractivity (Wildman–Crippen MR) is 200 cm³/mol. The van der Waals surface area contributed by atoms with Crippen molar-refractivity contribution >= 4 is 41.1 Å². The number of urea groups is 1. The molecular weight excluding hydrogens is 674 g/mol. The van der Waals surface area contributed by atoms with Gasteiger partial charge in [-0.05, 0) is 65.1 Å². The summed E-state index contributed by atoms with van der Waals surface area (Å²) in [6.07, 6.45) is 8.59. The van der Waals surface area contributed by atoms with Crippen molar-refractivity contribution in [2.24, 2.45) is 45.3 Å². The fraction of sp³-hybridized carbons (Fsp3) is 0.780. The quantitative estimate of drug-likeness (QED) is 0.124.